The van der Waals surface area contributed by atoms with E-state index in [2.05, 4.69) is 57.0 Å². The van der Waals surface area contributed by atoms with Crippen molar-refractivity contribution in [2.75, 3.05) is 61.9 Å². The molecule has 0 saturated carbocycles. The molecule has 0 atom stereocenters. The van der Waals surface area contributed by atoms with Crippen LogP contribution in [0.2, 0.25) is 0 Å². The Morgan fingerprint density at radius 3 is 1.00 bits per heavy atom. The van der Waals surface area contributed by atoms with Gasteiger partial charge >= 0.3 is 17.6 Å². The van der Waals surface area contributed by atoms with Crippen molar-refractivity contribution in [3.63, 3.8) is 0 Å². The van der Waals surface area contributed by atoms with Gasteiger partial charge < -0.3 is 14.7 Å². The molecule has 0 amide bonds. The zero-order valence-corrected chi connectivity index (χ0v) is 10.0. The van der Waals surface area contributed by atoms with Crippen LogP contribution in [0.3, 0.4) is 0 Å². The summed E-state index contributed by atoms with van der Waals surface area (Å²) in [6.07, 6.45) is 0. The molecular weight excluding hydrogens is 235 g/mol. The molecule has 0 heterocycles. The quantitative estimate of drug-likeness (QED) is 0.560. The third-order valence-corrected chi connectivity index (χ3v) is 1.87. The Morgan fingerprint density at radius 2 is 0.857 bits per heavy atom. The Morgan fingerprint density at radius 1 is 0.643 bits per heavy atom. The van der Waals surface area contributed by atoms with E-state index >= 15 is 0 Å². The number of rotatable bonds is 6. The first-order valence-corrected chi connectivity index (χ1v) is 4.86. The SMILES string of the molecule is CN(C)CC(CN(C)C)CN(C)C.[GeH4]. The molecule has 14 heavy (non-hydrogen) atoms. The fourth-order valence-corrected chi connectivity index (χ4v) is 1.72. The Labute approximate surface area is 100 Å². The van der Waals surface area contributed by atoms with Gasteiger partial charge in [-0.1, -0.05) is 0 Å². The zero-order chi connectivity index (χ0) is 10.4. The summed E-state index contributed by atoms with van der Waals surface area (Å²) in [5.41, 5.74) is 0. The molecule has 0 aliphatic rings. The molecule has 0 saturated heterocycles. The van der Waals surface area contributed by atoms with Gasteiger partial charge in [-0.25, -0.2) is 0 Å². The van der Waals surface area contributed by atoms with Crippen LogP contribution in [0.25, 0.3) is 0 Å². The van der Waals surface area contributed by atoms with Crippen LogP contribution in [0.15, 0.2) is 0 Å². The summed E-state index contributed by atoms with van der Waals surface area (Å²) in [5.74, 6) is 0.736. The zero-order valence-electron chi connectivity index (χ0n) is 10.0. The van der Waals surface area contributed by atoms with Gasteiger partial charge in [0, 0.05) is 19.6 Å². The first kappa shape index (κ1) is 16.8. The van der Waals surface area contributed by atoms with Crippen molar-refractivity contribution < 1.29 is 0 Å². The fraction of sp³-hybridized carbons (Fsp3) is 1.00. The standard InChI is InChI=1S/C10H25N3.GeH4/c1-11(2)7-10(8-12(3)4)9-13(5)6;/h10H,7-9H2,1-6H3;1H4. The van der Waals surface area contributed by atoms with Crippen LogP contribution in [0.1, 0.15) is 0 Å². The molecule has 0 aromatic heterocycles. The summed E-state index contributed by atoms with van der Waals surface area (Å²) < 4.78 is 0. The summed E-state index contributed by atoms with van der Waals surface area (Å²) in [4.78, 5) is 6.78. The molecular formula is C10H29GeN3. The second kappa shape index (κ2) is 8.71. The number of hydrogen-bond acceptors (Lipinski definition) is 3. The van der Waals surface area contributed by atoms with E-state index in [-0.39, 0.29) is 17.6 Å². The average Bonchev–Trinajstić information content (AvgIpc) is 1.80. The molecule has 0 N–H and O–H groups in total. The molecule has 0 aromatic rings. The summed E-state index contributed by atoms with van der Waals surface area (Å²) in [7, 11) is 12.8. The van der Waals surface area contributed by atoms with Gasteiger partial charge in [0.2, 0.25) is 0 Å². The second-order valence-electron chi connectivity index (χ2n) is 4.65. The normalized spacial score (nSPS) is 11.6. The van der Waals surface area contributed by atoms with Gasteiger partial charge in [-0.15, -0.1) is 0 Å². The van der Waals surface area contributed by atoms with Crippen molar-refractivity contribution >= 4 is 17.6 Å². The van der Waals surface area contributed by atoms with Crippen LogP contribution >= 0.6 is 0 Å². The van der Waals surface area contributed by atoms with E-state index in [9.17, 15) is 0 Å². The minimum absolute atomic E-state index is 0. The van der Waals surface area contributed by atoms with E-state index in [4.69, 9.17) is 0 Å². The topological polar surface area (TPSA) is 9.72 Å². The summed E-state index contributed by atoms with van der Waals surface area (Å²) in [6.45, 7) is 3.49. The predicted octanol–water partition coefficient (Wildman–Crippen LogP) is -1.16. The Balaban J connectivity index is 0. The summed E-state index contributed by atoms with van der Waals surface area (Å²) in [5, 5.41) is 0. The van der Waals surface area contributed by atoms with E-state index < -0.39 is 0 Å². The Kier molecular flexibility index (Phi) is 10.5. The van der Waals surface area contributed by atoms with Gasteiger partial charge in [0.25, 0.3) is 0 Å². The minimum atomic E-state index is 0. The van der Waals surface area contributed by atoms with E-state index in [1.165, 1.54) is 0 Å². The fourth-order valence-electron chi connectivity index (χ4n) is 1.72. The first-order chi connectivity index (χ1) is 5.91. The maximum absolute atomic E-state index is 2.26. The molecule has 3 nitrogen and oxygen atoms in total. The molecule has 0 rings (SSSR count). The molecule has 0 spiro atoms. The van der Waals surface area contributed by atoms with Gasteiger partial charge in [-0.2, -0.15) is 0 Å². The molecule has 0 aromatic carbocycles. The van der Waals surface area contributed by atoms with Crippen molar-refractivity contribution in [3.05, 3.63) is 0 Å². The van der Waals surface area contributed by atoms with Gasteiger partial charge in [-0.05, 0) is 48.2 Å². The molecule has 0 fully saturated rings. The second-order valence-corrected chi connectivity index (χ2v) is 4.65. The van der Waals surface area contributed by atoms with E-state index in [1.807, 2.05) is 0 Å². The van der Waals surface area contributed by atoms with Gasteiger partial charge in [-0.3, -0.25) is 0 Å². The van der Waals surface area contributed by atoms with E-state index in [0.29, 0.717) is 0 Å². The van der Waals surface area contributed by atoms with Crippen molar-refractivity contribution in [1.82, 2.24) is 14.7 Å². The van der Waals surface area contributed by atoms with Crippen LogP contribution in [0.4, 0.5) is 0 Å². The van der Waals surface area contributed by atoms with Crippen LogP contribution in [0, 0.1) is 5.92 Å². The number of nitrogens with zero attached hydrogens (tertiary/aromatic N) is 3. The molecule has 0 unspecified atom stereocenters. The van der Waals surface area contributed by atoms with E-state index in [1.54, 1.807) is 0 Å². The van der Waals surface area contributed by atoms with Crippen molar-refractivity contribution in [2.45, 2.75) is 0 Å². The van der Waals surface area contributed by atoms with Gasteiger partial charge in [0.15, 0.2) is 0 Å². The number of hydrogen-bond donors (Lipinski definition) is 0. The van der Waals surface area contributed by atoms with Crippen molar-refractivity contribution in [2.24, 2.45) is 5.92 Å². The molecule has 4 heteroatoms. The Hall–Kier alpha value is 0.423. The average molecular weight is 264 g/mol. The summed E-state index contributed by atoms with van der Waals surface area (Å²) >= 11 is 0. The van der Waals surface area contributed by atoms with Crippen LogP contribution < -0.4 is 0 Å². The monoisotopic (exact) mass is 265 g/mol. The summed E-state index contributed by atoms with van der Waals surface area (Å²) in [6, 6.07) is 0. The molecule has 0 bridgehead atoms. The van der Waals surface area contributed by atoms with Crippen LogP contribution in [0.5, 0.6) is 0 Å². The third-order valence-electron chi connectivity index (χ3n) is 1.87. The van der Waals surface area contributed by atoms with Gasteiger partial charge in [0.05, 0.1) is 0 Å². The molecule has 88 valence electrons. The molecule has 0 aliphatic carbocycles. The van der Waals surface area contributed by atoms with Crippen LogP contribution in [-0.2, 0) is 0 Å². The van der Waals surface area contributed by atoms with Gasteiger partial charge in [0.1, 0.15) is 0 Å². The van der Waals surface area contributed by atoms with E-state index in [0.717, 1.165) is 25.6 Å². The van der Waals surface area contributed by atoms with Crippen LogP contribution in [-0.4, -0.2) is 94.2 Å². The van der Waals surface area contributed by atoms with Crippen molar-refractivity contribution in [3.8, 4) is 0 Å². The predicted molar refractivity (Wildman–Crippen MR) is 70.5 cm³/mol. The first-order valence-electron chi connectivity index (χ1n) is 4.86. The molecule has 0 radical (unpaired) electrons. The molecule has 0 aliphatic heterocycles. The van der Waals surface area contributed by atoms with Crippen molar-refractivity contribution in [1.29, 1.82) is 0 Å². The third kappa shape index (κ3) is 10.5. The Bertz CT molecular complexity index is 103. The maximum atomic E-state index is 2.26.